The van der Waals surface area contributed by atoms with E-state index in [1.54, 1.807) is 0 Å². The van der Waals surface area contributed by atoms with E-state index < -0.39 is 0 Å². The van der Waals surface area contributed by atoms with Crippen LogP contribution in [0.2, 0.25) is 0 Å². The van der Waals surface area contributed by atoms with Crippen LogP contribution in [0.1, 0.15) is 60.3 Å². The van der Waals surface area contributed by atoms with Gasteiger partial charge >= 0.3 is 0 Å². The zero-order valence-corrected chi connectivity index (χ0v) is 14.1. The molecule has 6 heteroatoms. The summed E-state index contributed by atoms with van der Waals surface area (Å²) in [7, 11) is 0. The molecule has 2 aromatic rings. The van der Waals surface area contributed by atoms with Crippen molar-refractivity contribution in [2.75, 3.05) is 19.6 Å². The van der Waals surface area contributed by atoms with E-state index in [1.165, 1.54) is 0 Å². The summed E-state index contributed by atoms with van der Waals surface area (Å²) in [6.07, 6.45) is 5.02. The van der Waals surface area contributed by atoms with Crippen LogP contribution >= 0.6 is 0 Å². The minimum absolute atomic E-state index is 0.0702. The van der Waals surface area contributed by atoms with Crippen molar-refractivity contribution in [2.45, 2.75) is 44.9 Å². The fourth-order valence-corrected chi connectivity index (χ4v) is 3.57. The molecule has 1 aliphatic heterocycles. The molecule has 2 aromatic heterocycles. The number of likely N-dealkylation sites (tertiary alicyclic amines) is 1. The topological polar surface area (TPSA) is 85.2 Å². The van der Waals surface area contributed by atoms with Gasteiger partial charge in [0.2, 0.25) is 0 Å². The van der Waals surface area contributed by atoms with Crippen LogP contribution in [-0.2, 0) is 6.42 Å². The number of hydrogen-bond donors (Lipinski definition) is 1. The second kappa shape index (κ2) is 6.16. The average molecular weight is 328 g/mol. The van der Waals surface area contributed by atoms with E-state index in [2.05, 4.69) is 17.1 Å². The number of nitrogens with zero attached hydrogens (tertiary/aromatic N) is 3. The molecule has 6 nitrogen and oxygen atoms in total. The highest BCUT2D eigenvalue weighted by Crippen LogP contribution is 2.41. The Morgan fingerprint density at radius 3 is 2.92 bits per heavy atom. The van der Waals surface area contributed by atoms with Crippen LogP contribution in [0.4, 0.5) is 0 Å². The van der Waals surface area contributed by atoms with Gasteiger partial charge < -0.3 is 15.2 Å². The lowest BCUT2D eigenvalue weighted by molar-refractivity contribution is 0.0789. The molecule has 2 fully saturated rings. The second-order valence-corrected chi connectivity index (χ2v) is 7.07. The van der Waals surface area contributed by atoms with Crippen LogP contribution in [-0.4, -0.2) is 40.6 Å². The van der Waals surface area contributed by atoms with Crippen LogP contribution in [0, 0.1) is 5.92 Å². The van der Waals surface area contributed by atoms with E-state index in [0.29, 0.717) is 29.7 Å². The van der Waals surface area contributed by atoms with Crippen molar-refractivity contribution in [1.82, 2.24) is 15.0 Å². The van der Waals surface area contributed by atoms with Crippen molar-refractivity contribution in [2.24, 2.45) is 11.7 Å². The summed E-state index contributed by atoms with van der Waals surface area (Å²) in [6, 6.07) is 1.98. The maximum absolute atomic E-state index is 13.2. The van der Waals surface area contributed by atoms with Crippen molar-refractivity contribution in [3.05, 3.63) is 23.0 Å². The number of pyridine rings is 1. The molecule has 1 saturated carbocycles. The number of fused-ring (bicyclic) bond motifs is 1. The molecule has 128 valence electrons. The lowest BCUT2D eigenvalue weighted by Crippen LogP contribution is -2.30. The molecular weight excluding hydrogens is 304 g/mol. The number of rotatable bonds is 5. The third-order valence-corrected chi connectivity index (χ3v) is 5.16. The minimum atomic E-state index is 0.0702. The Bertz CT molecular complexity index is 766. The van der Waals surface area contributed by atoms with Crippen molar-refractivity contribution < 1.29 is 9.32 Å². The molecular formula is C18H24N4O2. The first-order valence-electron chi connectivity index (χ1n) is 8.99. The van der Waals surface area contributed by atoms with Gasteiger partial charge in [0.15, 0.2) is 0 Å². The molecule has 0 bridgehead atoms. The highest BCUT2D eigenvalue weighted by Gasteiger charge is 2.32. The number of amides is 1. The maximum Gasteiger partial charge on any atom is 0.259 e. The summed E-state index contributed by atoms with van der Waals surface area (Å²) in [4.78, 5) is 19.7. The van der Waals surface area contributed by atoms with Crippen LogP contribution in [0.3, 0.4) is 0 Å². The number of carbonyl (C=O) groups excluding carboxylic acids is 1. The summed E-state index contributed by atoms with van der Waals surface area (Å²) in [5, 5.41) is 4.99. The molecule has 1 saturated heterocycles. The van der Waals surface area contributed by atoms with Gasteiger partial charge in [0.05, 0.1) is 16.6 Å². The molecule has 0 spiro atoms. The average Bonchev–Trinajstić information content (AvgIpc) is 3.20. The fraction of sp³-hybridized carbons (Fsp3) is 0.611. The number of hydrogen-bond acceptors (Lipinski definition) is 5. The summed E-state index contributed by atoms with van der Waals surface area (Å²) in [5.74, 6) is 0.948. The standard InChI is InChI=1S/C18H24N4O2/c1-2-3-14-16-13(18(23)22-7-6-11(9-19)10-22)8-15(12-4-5-12)20-17(16)24-21-14/h8,11-12H,2-7,9-10,19H2,1H3. The van der Waals surface area contributed by atoms with E-state index in [9.17, 15) is 4.79 Å². The molecule has 24 heavy (non-hydrogen) atoms. The lowest BCUT2D eigenvalue weighted by Gasteiger charge is -2.17. The second-order valence-electron chi connectivity index (χ2n) is 7.07. The van der Waals surface area contributed by atoms with E-state index in [-0.39, 0.29) is 5.91 Å². The number of nitrogens with two attached hydrogens (primary N) is 1. The summed E-state index contributed by atoms with van der Waals surface area (Å²) in [6.45, 7) is 4.25. The van der Waals surface area contributed by atoms with Gasteiger partial charge in [-0.1, -0.05) is 18.5 Å². The Hall–Kier alpha value is -1.95. The summed E-state index contributed by atoms with van der Waals surface area (Å²) in [5.41, 5.74) is 8.82. The van der Waals surface area contributed by atoms with Crippen LogP contribution in [0.5, 0.6) is 0 Å². The first-order valence-corrected chi connectivity index (χ1v) is 8.99. The molecule has 1 amide bonds. The van der Waals surface area contributed by atoms with Gasteiger partial charge in [0.25, 0.3) is 11.6 Å². The molecule has 1 unspecified atom stereocenters. The zero-order valence-electron chi connectivity index (χ0n) is 14.1. The van der Waals surface area contributed by atoms with Crippen molar-refractivity contribution in [1.29, 1.82) is 0 Å². The number of aromatic nitrogens is 2. The Morgan fingerprint density at radius 1 is 1.42 bits per heavy atom. The lowest BCUT2D eigenvalue weighted by atomic mass is 10.0. The van der Waals surface area contributed by atoms with E-state index in [0.717, 1.165) is 62.0 Å². The van der Waals surface area contributed by atoms with Gasteiger partial charge in [0.1, 0.15) is 0 Å². The Balaban J connectivity index is 1.76. The maximum atomic E-state index is 13.2. The largest absolute Gasteiger partial charge is 0.338 e. The number of carbonyl (C=O) groups is 1. The van der Waals surface area contributed by atoms with Gasteiger partial charge in [-0.25, -0.2) is 4.98 Å². The predicted octanol–water partition coefficient (Wildman–Crippen LogP) is 2.47. The molecule has 1 aliphatic carbocycles. The SMILES string of the molecule is CCCc1noc2nc(C3CC3)cc(C(=O)N3CCC(CN)C3)c12. The zero-order chi connectivity index (χ0) is 16.7. The normalized spacial score (nSPS) is 20.9. The minimum Gasteiger partial charge on any atom is -0.338 e. The van der Waals surface area contributed by atoms with Crippen molar-refractivity contribution in [3.8, 4) is 0 Å². The highest BCUT2D eigenvalue weighted by atomic mass is 16.5. The first kappa shape index (κ1) is 15.6. The van der Waals surface area contributed by atoms with Gasteiger partial charge in [0, 0.05) is 24.7 Å². The smallest absolute Gasteiger partial charge is 0.259 e. The van der Waals surface area contributed by atoms with Crippen LogP contribution in [0.25, 0.3) is 11.1 Å². The molecule has 4 rings (SSSR count). The van der Waals surface area contributed by atoms with Crippen LogP contribution in [0.15, 0.2) is 10.6 Å². The molecule has 0 radical (unpaired) electrons. The van der Waals surface area contributed by atoms with Crippen molar-refractivity contribution in [3.63, 3.8) is 0 Å². The molecule has 0 aromatic carbocycles. The predicted molar refractivity (Wildman–Crippen MR) is 90.8 cm³/mol. The molecule has 2 aliphatic rings. The third-order valence-electron chi connectivity index (χ3n) is 5.16. The fourth-order valence-electron chi connectivity index (χ4n) is 3.57. The first-order chi connectivity index (χ1) is 11.7. The van der Waals surface area contributed by atoms with Gasteiger partial charge in [-0.05, 0) is 44.2 Å². The third kappa shape index (κ3) is 2.69. The molecule has 1 atom stereocenters. The highest BCUT2D eigenvalue weighted by molar-refractivity contribution is 6.06. The van der Waals surface area contributed by atoms with Crippen molar-refractivity contribution >= 4 is 17.0 Å². The number of aryl methyl sites for hydroxylation is 1. The Labute approximate surface area is 141 Å². The van der Waals surface area contributed by atoms with Gasteiger partial charge in [-0.3, -0.25) is 4.79 Å². The van der Waals surface area contributed by atoms with E-state index >= 15 is 0 Å². The Kier molecular flexibility index (Phi) is 4.00. The quantitative estimate of drug-likeness (QED) is 0.911. The summed E-state index contributed by atoms with van der Waals surface area (Å²) >= 11 is 0. The van der Waals surface area contributed by atoms with Gasteiger partial charge in [-0.2, -0.15) is 0 Å². The van der Waals surface area contributed by atoms with Crippen LogP contribution < -0.4 is 5.73 Å². The monoisotopic (exact) mass is 328 g/mol. The molecule has 3 heterocycles. The van der Waals surface area contributed by atoms with Gasteiger partial charge in [-0.15, -0.1) is 0 Å². The van der Waals surface area contributed by atoms with E-state index in [4.69, 9.17) is 10.3 Å². The molecule has 2 N–H and O–H groups in total. The Morgan fingerprint density at radius 2 is 2.25 bits per heavy atom. The summed E-state index contributed by atoms with van der Waals surface area (Å²) < 4.78 is 5.46. The van der Waals surface area contributed by atoms with E-state index in [1.807, 2.05) is 11.0 Å².